The van der Waals surface area contributed by atoms with Crippen LogP contribution in [0.2, 0.25) is 10.0 Å². The van der Waals surface area contributed by atoms with E-state index < -0.39 is 6.04 Å². The van der Waals surface area contributed by atoms with Gasteiger partial charge in [0, 0.05) is 23.1 Å². The minimum absolute atomic E-state index is 0.0662. The molecular weight excluding hydrogens is 391 g/mol. The van der Waals surface area contributed by atoms with Crippen molar-refractivity contribution in [1.82, 2.24) is 4.90 Å². The lowest BCUT2D eigenvalue weighted by Gasteiger charge is -2.20. The minimum atomic E-state index is -0.637. The number of carbonyl (C=O) groups excluding carboxylic acids is 1. The summed E-state index contributed by atoms with van der Waals surface area (Å²) in [6, 6.07) is 21.2. The zero-order valence-corrected chi connectivity index (χ0v) is 16.8. The number of carbonyl (C=O) groups is 1. The first-order valence-corrected chi connectivity index (χ1v) is 9.92. The van der Waals surface area contributed by atoms with Crippen LogP contribution in [0, 0.1) is 0 Å². The van der Waals surface area contributed by atoms with Crippen molar-refractivity contribution in [3.8, 4) is 11.1 Å². The molecule has 0 saturated carbocycles. The summed E-state index contributed by atoms with van der Waals surface area (Å²) in [5.41, 5.74) is 11.7. The molecule has 0 bridgehead atoms. The fourth-order valence-electron chi connectivity index (χ4n) is 3.61. The number of amides is 1. The van der Waals surface area contributed by atoms with Gasteiger partial charge in [-0.2, -0.15) is 0 Å². The van der Waals surface area contributed by atoms with E-state index in [0.717, 1.165) is 11.1 Å². The summed E-state index contributed by atoms with van der Waals surface area (Å²) < 4.78 is 0. The summed E-state index contributed by atoms with van der Waals surface area (Å²) in [7, 11) is 0. The Morgan fingerprint density at radius 1 is 0.929 bits per heavy atom. The first-order chi connectivity index (χ1) is 13.5. The molecule has 1 heterocycles. The first-order valence-electron chi connectivity index (χ1n) is 9.17. The molecule has 1 amide bonds. The van der Waals surface area contributed by atoms with Crippen molar-refractivity contribution in [1.29, 1.82) is 0 Å². The molecule has 0 aliphatic carbocycles. The first kappa shape index (κ1) is 19.0. The molecule has 5 heteroatoms. The Balaban J connectivity index is 1.47. The average molecular weight is 411 g/mol. The van der Waals surface area contributed by atoms with Crippen LogP contribution >= 0.6 is 23.2 Å². The van der Waals surface area contributed by atoms with Gasteiger partial charge in [-0.1, -0.05) is 71.7 Å². The van der Waals surface area contributed by atoms with Gasteiger partial charge >= 0.3 is 0 Å². The highest BCUT2D eigenvalue weighted by Crippen LogP contribution is 2.29. The zero-order chi connectivity index (χ0) is 19.7. The van der Waals surface area contributed by atoms with Crippen LogP contribution < -0.4 is 5.73 Å². The number of hydrogen-bond acceptors (Lipinski definition) is 2. The molecular formula is C23H20Cl2N2O. The van der Waals surface area contributed by atoms with Gasteiger partial charge in [-0.3, -0.25) is 4.79 Å². The molecule has 28 heavy (non-hydrogen) atoms. The van der Waals surface area contributed by atoms with E-state index in [9.17, 15) is 4.79 Å². The Labute approximate surface area is 174 Å². The number of rotatable bonds is 4. The van der Waals surface area contributed by atoms with Crippen LogP contribution in [0.1, 0.15) is 16.7 Å². The number of halogens is 2. The van der Waals surface area contributed by atoms with Gasteiger partial charge in [0.25, 0.3) is 0 Å². The van der Waals surface area contributed by atoms with Gasteiger partial charge in [0.15, 0.2) is 0 Å². The fraction of sp³-hybridized carbons (Fsp3) is 0.174. The topological polar surface area (TPSA) is 46.3 Å². The van der Waals surface area contributed by atoms with Crippen molar-refractivity contribution in [2.75, 3.05) is 0 Å². The van der Waals surface area contributed by atoms with Gasteiger partial charge in [-0.05, 0) is 52.4 Å². The van der Waals surface area contributed by atoms with E-state index >= 15 is 0 Å². The second-order valence-electron chi connectivity index (χ2n) is 7.09. The molecule has 142 valence electrons. The maximum atomic E-state index is 12.9. The molecule has 2 N–H and O–H groups in total. The molecule has 4 rings (SSSR count). The third-order valence-electron chi connectivity index (χ3n) is 5.12. The van der Waals surface area contributed by atoms with Crippen LogP contribution in [0.3, 0.4) is 0 Å². The Bertz CT molecular complexity index is 1020. The van der Waals surface area contributed by atoms with Gasteiger partial charge in [0.2, 0.25) is 5.91 Å². The van der Waals surface area contributed by atoms with Crippen molar-refractivity contribution < 1.29 is 4.79 Å². The van der Waals surface area contributed by atoms with Gasteiger partial charge in [0.05, 0.1) is 6.04 Å². The Kier molecular flexibility index (Phi) is 5.40. The Morgan fingerprint density at radius 2 is 1.68 bits per heavy atom. The quantitative estimate of drug-likeness (QED) is 0.652. The van der Waals surface area contributed by atoms with Gasteiger partial charge in [0.1, 0.15) is 0 Å². The SMILES string of the molecule is N[C@H](Cc1ccc(Cl)cc1Cl)C(=O)N1Cc2ccc(-c3ccccc3)cc2C1. The number of hydrogen-bond donors (Lipinski definition) is 1. The number of nitrogens with two attached hydrogens (primary N) is 1. The predicted octanol–water partition coefficient (Wildman–Crippen LogP) is 5.07. The van der Waals surface area contributed by atoms with Crippen LogP contribution in [0.5, 0.6) is 0 Å². The normalized spacial score (nSPS) is 14.0. The van der Waals surface area contributed by atoms with Crippen molar-refractivity contribution in [2.24, 2.45) is 5.73 Å². The molecule has 3 nitrogen and oxygen atoms in total. The lowest BCUT2D eigenvalue weighted by Crippen LogP contribution is -2.42. The van der Waals surface area contributed by atoms with E-state index in [1.165, 1.54) is 16.7 Å². The predicted molar refractivity (Wildman–Crippen MR) is 114 cm³/mol. The molecule has 0 unspecified atom stereocenters. The van der Waals surface area contributed by atoms with E-state index in [4.69, 9.17) is 28.9 Å². The van der Waals surface area contributed by atoms with E-state index in [0.29, 0.717) is 29.6 Å². The molecule has 0 saturated heterocycles. The maximum absolute atomic E-state index is 12.9. The number of benzene rings is 3. The highest BCUT2D eigenvalue weighted by Gasteiger charge is 2.27. The van der Waals surface area contributed by atoms with Crippen molar-refractivity contribution in [3.05, 3.63) is 93.5 Å². The molecule has 3 aromatic carbocycles. The summed E-state index contributed by atoms with van der Waals surface area (Å²) >= 11 is 12.2. The van der Waals surface area contributed by atoms with Gasteiger partial charge in [-0.15, -0.1) is 0 Å². The second kappa shape index (κ2) is 7.96. The summed E-state index contributed by atoms with van der Waals surface area (Å²) in [5, 5.41) is 1.10. The lowest BCUT2D eigenvalue weighted by molar-refractivity contribution is -0.133. The van der Waals surface area contributed by atoms with Gasteiger partial charge in [-0.25, -0.2) is 0 Å². The van der Waals surface area contributed by atoms with Crippen molar-refractivity contribution in [3.63, 3.8) is 0 Å². The molecule has 0 radical (unpaired) electrons. The molecule has 0 spiro atoms. The highest BCUT2D eigenvalue weighted by atomic mass is 35.5. The van der Waals surface area contributed by atoms with Crippen LogP contribution in [-0.4, -0.2) is 16.8 Å². The largest absolute Gasteiger partial charge is 0.333 e. The summed E-state index contributed by atoms with van der Waals surface area (Å²) in [4.78, 5) is 14.7. The maximum Gasteiger partial charge on any atom is 0.240 e. The molecule has 1 aliphatic heterocycles. The smallest absolute Gasteiger partial charge is 0.240 e. The van der Waals surface area contributed by atoms with Crippen molar-refractivity contribution >= 4 is 29.1 Å². The van der Waals surface area contributed by atoms with E-state index in [2.05, 4.69) is 30.3 Å². The highest BCUT2D eigenvalue weighted by molar-refractivity contribution is 6.35. The Hall–Kier alpha value is -2.33. The van der Waals surface area contributed by atoms with Crippen LogP contribution in [0.15, 0.2) is 66.7 Å². The standard InChI is InChI=1S/C23H20Cl2N2O/c24-20-9-8-17(21(25)12-20)11-22(26)23(28)27-13-18-7-6-16(10-19(18)14-27)15-4-2-1-3-5-15/h1-10,12,22H,11,13-14,26H2/t22-/m1/s1. The van der Waals surface area contributed by atoms with Crippen LogP contribution in [0.4, 0.5) is 0 Å². The second-order valence-corrected chi connectivity index (χ2v) is 7.93. The summed E-state index contributed by atoms with van der Waals surface area (Å²) in [6.45, 7) is 1.17. The van der Waals surface area contributed by atoms with E-state index in [-0.39, 0.29) is 5.91 Å². The number of fused-ring (bicyclic) bond motifs is 1. The third kappa shape index (κ3) is 3.93. The van der Waals surface area contributed by atoms with Crippen LogP contribution in [0.25, 0.3) is 11.1 Å². The summed E-state index contributed by atoms with van der Waals surface area (Å²) in [5.74, 6) is -0.0662. The van der Waals surface area contributed by atoms with Crippen molar-refractivity contribution in [2.45, 2.75) is 25.6 Å². The minimum Gasteiger partial charge on any atom is -0.333 e. The monoisotopic (exact) mass is 410 g/mol. The molecule has 0 aromatic heterocycles. The third-order valence-corrected chi connectivity index (χ3v) is 5.71. The average Bonchev–Trinajstić information content (AvgIpc) is 3.13. The zero-order valence-electron chi connectivity index (χ0n) is 15.2. The molecule has 3 aromatic rings. The van der Waals surface area contributed by atoms with E-state index in [1.807, 2.05) is 29.2 Å². The lowest BCUT2D eigenvalue weighted by atomic mass is 10.0. The summed E-state index contributed by atoms with van der Waals surface area (Å²) in [6.07, 6.45) is 0.386. The Morgan fingerprint density at radius 3 is 2.43 bits per heavy atom. The molecule has 1 aliphatic rings. The molecule has 0 fully saturated rings. The number of nitrogens with zero attached hydrogens (tertiary/aromatic N) is 1. The van der Waals surface area contributed by atoms with Gasteiger partial charge < -0.3 is 10.6 Å². The van der Waals surface area contributed by atoms with E-state index in [1.54, 1.807) is 12.1 Å². The van der Waals surface area contributed by atoms with Crippen LogP contribution in [-0.2, 0) is 24.3 Å². The fourth-order valence-corrected chi connectivity index (χ4v) is 4.09. The molecule has 1 atom stereocenters.